The van der Waals surface area contributed by atoms with Crippen molar-refractivity contribution in [2.24, 2.45) is 0 Å². The Balaban J connectivity index is 2.23. The maximum absolute atomic E-state index is 12.6. The molecule has 5 nitrogen and oxygen atoms in total. The van der Waals surface area contributed by atoms with Gasteiger partial charge >= 0.3 is 5.97 Å². The normalized spacial score (nSPS) is 12.0. The number of hydrogen-bond acceptors (Lipinski definition) is 4. The van der Waals surface area contributed by atoms with E-state index in [1.54, 1.807) is 26.4 Å². The van der Waals surface area contributed by atoms with E-state index in [0.29, 0.717) is 17.1 Å². The highest BCUT2D eigenvalue weighted by Gasteiger charge is 2.29. The first-order valence-corrected chi connectivity index (χ1v) is 7.55. The summed E-state index contributed by atoms with van der Waals surface area (Å²) >= 11 is 0. The lowest BCUT2D eigenvalue weighted by atomic mass is 9.90. The minimum absolute atomic E-state index is 0.355. The van der Waals surface area contributed by atoms with Crippen LogP contribution in [0.2, 0.25) is 0 Å². The molecule has 0 radical (unpaired) electrons. The van der Waals surface area contributed by atoms with E-state index < -0.39 is 5.92 Å². The van der Waals surface area contributed by atoms with E-state index in [1.807, 2.05) is 36.5 Å². The van der Waals surface area contributed by atoms with Crippen molar-refractivity contribution >= 4 is 16.9 Å². The van der Waals surface area contributed by atoms with Gasteiger partial charge in [0.25, 0.3) is 0 Å². The summed E-state index contributed by atoms with van der Waals surface area (Å²) in [4.78, 5) is 15.8. The largest absolute Gasteiger partial charge is 0.497 e. The second kappa shape index (κ2) is 6.66. The van der Waals surface area contributed by atoms with Crippen LogP contribution in [0.25, 0.3) is 10.9 Å². The Bertz CT molecular complexity index is 869. The summed E-state index contributed by atoms with van der Waals surface area (Å²) in [5.74, 6) is 0.290. The Morgan fingerprint density at radius 3 is 2.50 bits per heavy atom. The first-order chi connectivity index (χ1) is 11.7. The van der Waals surface area contributed by atoms with E-state index in [4.69, 9.17) is 14.2 Å². The average molecular weight is 325 g/mol. The van der Waals surface area contributed by atoms with Crippen molar-refractivity contribution in [3.63, 3.8) is 0 Å². The van der Waals surface area contributed by atoms with Crippen molar-refractivity contribution in [1.29, 1.82) is 0 Å². The van der Waals surface area contributed by atoms with Crippen LogP contribution in [0.4, 0.5) is 0 Å². The van der Waals surface area contributed by atoms with Gasteiger partial charge in [0.15, 0.2) is 0 Å². The molecule has 0 saturated carbocycles. The molecule has 1 N–H and O–H groups in total. The second-order valence-electron chi connectivity index (χ2n) is 5.35. The minimum Gasteiger partial charge on any atom is -0.497 e. The summed E-state index contributed by atoms with van der Waals surface area (Å²) in [7, 11) is 4.55. The zero-order chi connectivity index (χ0) is 17.1. The van der Waals surface area contributed by atoms with Crippen molar-refractivity contribution in [3.8, 4) is 11.5 Å². The molecular formula is C19H19NO4. The van der Waals surface area contributed by atoms with Crippen LogP contribution in [0.1, 0.15) is 17.0 Å². The Labute approximate surface area is 140 Å². The van der Waals surface area contributed by atoms with E-state index in [2.05, 4.69) is 4.98 Å². The van der Waals surface area contributed by atoms with Crippen LogP contribution in [0, 0.1) is 0 Å². The summed E-state index contributed by atoms with van der Waals surface area (Å²) in [6.07, 6.45) is 1.84. The Hall–Kier alpha value is -2.95. The maximum atomic E-state index is 12.6. The maximum Gasteiger partial charge on any atom is 0.317 e. The fraction of sp³-hybridized carbons (Fsp3) is 0.211. The lowest BCUT2D eigenvalue weighted by Gasteiger charge is -2.18. The number of benzene rings is 2. The smallest absolute Gasteiger partial charge is 0.317 e. The van der Waals surface area contributed by atoms with Crippen LogP contribution in [0.15, 0.2) is 48.7 Å². The Morgan fingerprint density at radius 2 is 1.79 bits per heavy atom. The van der Waals surface area contributed by atoms with E-state index in [1.165, 1.54) is 7.11 Å². The van der Waals surface area contributed by atoms with E-state index >= 15 is 0 Å². The molecule has 0 fully saturated rings. The molecular weight excluding hydrogens is 306 g/mol. The van der Waals surface area contributed by atoms with Crippen LogP contribution in [-0.4, -0.2) is 32.3 Å². The van der Waals surface area contributed by atoms with Crippen LogP contribution in [-0.2, 0) is 9.53 Å². The topological polar surface area (TPSA) is 60.6 Å². The van der Waals surface area contributed by atoms with Gasteiger partial charge in [0.1, 0.15) is 17.4 Å². The molecule has 0 aliphatic heterocycles. The van der Waals surface area contributed by atoms with Gasteiger partial charge in [-0.25, -0.2) is 0 Å². The molecule has 0 amide bonds. The average Bonchev–Trinajstić information content (AvgIpc) is 3.05. The molecule has 0 saturated heterocycles. The van der Waals surface area contributed by atoms with Gasteiger partial charge in [0.2, 0.25) is 0 Å². The summed E-state index contributed by atoms with van der Waals surface area (Å²) in [5, 5.41) is 0.970. The molecule has 0 bridgehead atoms. The molecule has 124 valence electrons. The first-order valence-electron chi connectivity index (χ1n) is 7.55. The molecule has 0 aliphatic rings. The number of methoxy groups -OCH3 is 3. The van der Waals surface area contributed by atoms with Gasteiger partial charge in [0, 0.05) is 22.7 Å². The number of hydrogen-bond donors (Lipinski definition) is 1. The molecule has 5 heteroatoms. The molecule has 0 spiro atoms. The Morgan fingerprint density at radius 1 is 1.00 bits per heavy atom. The molecule has 0 aliphatic carbocycles. The molecule has 2 aromatic carbocycles. The monoisotopic (exact) mass is 325 g/mol. The predicted molar refractivity (Wildman–Crippen MR) is 91.7 cm³/mol. The molecule has 1 heterocycles. The lowest BCUT2D eigenvalue weighted by molar-refractivity contribution is -0.141. The number of fused-ring (bicyclic) bond motifs is 1. The molecule has 1 atom stereocenters. The zero-order valence-corrected chi connectivity index (χ0v) is 13.8. The van der Waals surface area contributed by atoms with Gasteiger partial charge in [-0.15, -0.1) is 0 Å². The molecule has 3 rings (SSSR count). The van der Waals surface area contributed by atoms with Gasteiger partial charge < -0.3 is 19.2 Å². The van der Waals surface area contributed by atoms with E-state index in [9.17, 15) is 4.79 Å². The van der Waals surface area contributed by atoms with Gasteiger partial charge in [-0.3, -0.25) is 4.79 Å². The third-order valence-corrected chi connectivity index (χ3v) is 4.12. The summed E-state index contributed by atoms with van der Waals surface area (Å²) in [5.41, 5.74) is 2.50. The molecule has 3 aromatic rings. The number of H-pyrrole nitrogens is 1. The fourth-order valence-electron chi connectivity index (χ4n) is 2.94. The quantitative estimate of drug-likeness (QED) is 0.730. The van der Waals surface area contributed by atoms with Crippen LogP contribution < -0.4 is 9.47 Å². The number of rotatable bonds is 5. The number of para-hydroxylation sites is 1. The molecule has 1 aromatic heterocycles. The number of carbonyl (C=O) groups excluding carboxylic acids is 1. The number of nitrogens with one attached hydrogen (secondary N) is 1. The van der Waals surface area contributed by atoms with Crippen LogP contribution >= 0.6 is 0 Å². The van der Waals surface area contributed by atoms with Crippen LogP contribution in [0.5, 0.6) is 11.5 Å². The van der Waals surface area contributed by atoms with Crippen LogP contribution in [0.3, 0.4) is 0 Å². The van der Waals surface area contributed by atoms with Gasteiger partial charge in [0.05, 0.1) is 21.3 Å². The highest BCUT2D eigenvalue weighted by molar-refractivity contribution is 5.92. The zero-order valence-electron chi connectivity index (χ0n) is 13.8. The second-order valence-corrected chi connectivity index (χ2v) is 5.35. The van der Waals surface area contributed by atoms with Gasteiger partial charge in [-0.05, 0) is 29.8 Å². The highest BCUT2D eigenvalue weighted by Crippen LogP contribution is 2.38. The fourth-order valence-corrected chi connectivity index (χ4v) is 2.94. The van der Waals surface area contributed by atoms with Crippen molar-refractivity contribution in [3.05, 3.63) is 59.8 Å². The van der Waals surface area contributed by atoms with E-state index in [-0.39, 0.29) is 5.97 Å². The standard InChI is InChI=1S/C19H19NO4/c1-22-12-8-9-17(23-2)14(10-12)18(19(21)24-3)15-11-20-16-7-5-4-6-13(15)16/h4-11,18,20H,1-3H3. The van der Waals surface area contributed by atoms with Crippen molar-refractivity contribution in [1.82, 2.24) is 4.98 Å². The minimum atomic E-state index is -0.615. The number of carbonyl (C=O) groups is 1. The molecule has 24 heavy (non-hydrogen) atoms. The Kier molecular flexibility index (Phi) is 4.42. The molecule has 1 unspecified atom stereocenters. The number of ether oxygens (including phenoxy) is 3. The van der Waals surface area contributed by atoms with E-state index in [0.717, 1.165) is 16.5 Å². The van der Waals surface area contributed by atoms with Crippen molar-refractivity contribution in [2.75, 3.05) is 21.3 Å². The number of aromatic amines is 1. The highest BCUT2D eigenvalue weighted by atomic mass is 16.5. The third-order valence-electron chi connectivity index (χ3n) is 4.12. The van der Waals surface area contributed by atoms with Gasteiger partial charge in [-0.1, -0.05) is 18.2 Å². The third kappa shape index (κ3) is 2.69. The predicted octanol–water partition coefficient (Wildman–Crippen LogP) is 3.49. The lowest BCUT2D eigenvalue weighted by Crippen LogP contribution is -2.16. The van der Waals surface area contributed by atoms with Crippen molar-refractivity contribution < 1.29 is 19.0 Å². The summed E-state index contributed by atoms with van der Waals surface area (Å²) in [6, 6.07) is 13.2. The first kappa shape index (κ1) is 15.9. The SMILES string of the molecule is COC(=O)C(c1cc(OC)ccc1OC)c1c[nH]c2ccccc12. The van der Waals surface area contributed by atoms with Gasteiger partial charge in [-0.2, -0.15) is 0 Å². The number of aromatic nitrogens is 1. The summed E-state index contributed by atoms with van der Waals surface area (Å²) < 4.78 is 15.8. The van der Waals surface area contributed by atoms with Crippen molar-refractivity contribution in [2.45, 2.75) is 5.92 Å². The number of esters is 1. The summed E-state index contributed by atoms with van der Waals surface area (Å²) in [6.45, 7) is 0.